The summed E-state index contributed by atoms with van der Waals surface area (Å²) in [7, 11) is -4.31. The van der Waals surface area contributed by atoms with Crippen LogP contribution in [0.2, 0.25) is 5.02 Å². The molecule has 15 nitrogen and oxygen atoms in total. The monoisotopic (exact) mass is 861 g/mol. The van der Waals surface area contributed by atoms with Crippen molar-refractivity contribution in [1.82, 2.24) is 35.5 Å². The molecule has 1 aliphatic heterocycles. The molecule has 0 unspecified atom stereocenters. The molecule has 0 saturated carbocycles. The number of tetrazole rings is 1. The number of sulfonamides is 1. The van der Waals surface area contributed by atoms with E-state index < -0.39 is 14.9 Å². The van der Waals surface area contributed by atoms with E-state index in [1.54, 1.807) is 17.8 Å². The molecule has 0 bridgehead atoms. The van der Waals surface area contributed by atoms with Crippen molar-refractivity contribution in [1.29, 1.82) is 0 Å². The Balaban J connectivity index is 0.945. The number of anilines is 3. The van der Waals surface area contributed by atoms with Crippen molar-refractivity contribution in [3.63, 3.8) is 0 Å². The first-order chi connectivity index (χ1) is 29.2. The minimum atomic E-state index is -4.31. The van der Waals surface area contributed by atoms with Gasteiger partial charge in [-0.15, -0.1) is 22.0 Å². The Hall–Kier alpha value is -6.14. The second-order valence-corrected chi connectivity index (χ2v) is 17.4. The van der Waals surface area contributed by atoms with Crippen LogP contribution in [0, 0.1) is 10.1 Å². The molecule has 0 amide bonds. The van der Waals surface area contributed by atoms with Crippen LogP contribution in [0.15, 0.2) is 131 Å². The molecule has 1 fully saturated rings. The van der Waals surface area contributed by atoms with Crippen LogP contribution in [-0.4, -0.2) is 86.8 Å². The molecule has 0 aliphatic carbocycles. The molecule has 3 N–H and O–H groups in total. The Morgan fingerprint density at radius 1 is 0.900 bits per heavy atom. The van der Waals surface area contributed by atoms with E-state index in [2.05, 4.69) is 68.6 Å². The number of aryl methyl sites for hydroxylation is 1. The summed E-state index contributed by atoms with van der Waals surface area (Å²) in [6.07, 6.45) is 2.31. The second-order valence-electron chi connectivity index (χ2n) is 14.2. The van der Waals surface area contributed by atoms with Crippen LogP contribution < -0.4 is 14.9 Å². The minimum Gasteiger partial charge on any atom is -0.376 e. The summed E-state index contributed by atoms with van der Waals surface area (Å²) in [5.41, 5.74) is 4.82. The number of nitrogens with one attached hydrogen (secondary N) is 3. The van der Waals surface area contributed by atoms with Crippen molar-refractivity contribution in [2.45, 2.75) is 35.2 Å². The molecule has 5 aromatic carbocycles. The summed E-state index contributed by atoms with van der Waals surface area (Å²) < 4.78 is 30.1. The fourth-order valence-electron chi connectivity index (χ4n) is 7.18. The zero-order valence-corrected chi connectivity index (χ0v) is 34.6. The molecular formula is C42H40ClN11O4S2. The third-order valence-corrected chi connectivity index (χ3v) is 13.0. The normalized spacial score (nSPS) is 13.9. The van der Waals surface area contributed by atoms with Crippen molar-refractivity contribution < 1.29 is 13.3 Å². The molecule has 1 saturated heterocycles. The van der Waals surface area contributed by atoms with Crippen LogP contribution in [-0.2, 0) is 23.0 Å². The fourth-order valence-corrected chi connectivity index (χ4v) is 9.42. The molecule has 7 aromatic rings. The molecule has 0 radical (unpaired) electrons. The summed E-state index contributed by atoms with van der Waals surface area (Å²) in [6.45, 7) is 4.01. The lowest BCUT2D eigenvalue weighted by atomic mass is 9.99. The van der Waals surface area contributed by atoms with Crippen molar-refractivity contribution in [2.24, 2.45) is 0 Å². The van der Waals surface area contributed by atoms with Gasteiger partial charge < -0.3 is 10.2 Å². The van der Waals surface area contributed by atoms with Gasteiger partial charge in [0.15, 0.2) is 11.6 Å². The maximum Gasteiger partial charge on any atom is 0.293 e. The van der Waals surface area contributed by atoms with Gasteiger partial charge in [-0.1, -0.05) is 71.4 Å². The number of nitrogens with zero attached hydrogens (tertiary/aromatic N) is 8. The van der Waals surface area contributed by atoms with Gasteiger partial charge in [0.25, 0.3) is 15.7 Å². The van der Waals surface area contributed by atoms with Crippen molar-refractivity contribution in [3.05, 3.63) is 148 Å². The van der Waals surface area contributed by atoms with Crippen LogP contribution in [0.4, 0.5) is 22.9 Å². The topological polar surface area (TPSA) is 188 Å². The molecule has 1 atom stereocenters. The van der Waals surface area contributed by atoms with E-state index in [1.807, 2.05) is 72.8 Å². The number of hydrogen-bond acceptors (Lipinski definition) is 13. The van der Waals surface area contributed by atoms with Gasteiger partial charge in [-0.2, -0.15) is 5.21 Å². The number of rotatable bonds is 16. The van der Waals surface area contributed by atoms with Crippen LogP contribution >= 0.6 is 23.4 Å². The molecule has 18 heteroatoms. The smallest absolute Gasteiger partial charge is 0.293 e. The maximum absolute atomic E-state index is 13.8. The van der Waals surface area contributed by atoms with Crippen LogP contribution in [0.1, 0.15) is 17.8 Å². The first-order valence-corrected chi connectivity index (χ1v) is 22.1. The highest BCUT2D eigenvalue weighted by atomic mass is 35.5. The molecule has 0 spiro atoms. The summed E-state index contributed by atoms with van der Waals surface area (Å²) in [6, 6.07) is 35.4. The Kier molecular flexibility index (Phi) is 12.5. The zero-order chi connectivity index (χ0) is 41.5. The number of thioether (sulfide) groups is 1. The molecule has 8 rings (SSSR count). The third kappa shape index (κ3) is 9.82. The third-order valence-electron chi connectivity index (χ3n) is 10.3. The average Bonchev–Trinajstić information content (AvgIpc) is 3.79. The summed E-state index contributed by atoms with van der Waals surface area (Å²) in [5.74, 6) is 1.15. The molecule has 2 aromatic heterocycles. The van der Waals surface area contributed by atoms with Crippen LogP contribution in [0.3, 0.4) is 0 Å². The minimum absolute atomic E-state index is 0.0661. The van der Waals surface area contributed by atoms with E-state index in [-0.39, 0.29) is 28.1 Å². The summed E-state index contributed by atoms with van der Waals surface area (Å²) >= 11 is 8.02. The molecule has 306 valence electrons. The SMILES string of the molecule is O=[N+]([O-])c1cc(S(=O)(=O)Nc2ncnc3cc(N4CCN(Cc5cc(Cl)ccc5-c5ccccc5)CC4)ccc23)ccc1N[C@H](CCc1nn[nH]n1)CSc1ccccc1. The number of fused-ring (bicyclic) bond motifs is 1. The summed E-state index contributed by atoms with van der Waals surface area (Å²) in [5, 5.41) is 30.9. The standard InChI is InChI=1S/C42H40ClN11O4S2/c43-31-11-15-36(29-7-3-1-4-8-29)30(23-31)26-52-19-21-53(22-20-52)33-13-16-37-39(24-33)44-28-45-42(37)49-60(57,58)35-14-17-38(40(25-35)54(55)56)46-32(12-18-41-47-50-51-48-41)27-59-34-9-5-2-6-10-34/h1-11,13-17,23-25,28,32,46H,12,18-22,26-27H2,(H,44,45,49)(H,47,48,50,51)/t32-/m1/s1. The van der Waals surface area contributed by atoms with E-state index in [0.29, 0.717) is 40.3 Å². The Labute approximate surface area is 355 Å². The Bertz CT molecular complexity index is 2690. The number of nitro benzene ring substituents is 1. The van der Waals surface area contributed by atoms with Crippen molar-refractivity contribution in [3.8, 4) is 11.1 Å². The molecule has 1 aliphatic rings. The van der Waals surface area contributed by atoms with E-state index in [4.69, 9.17) is 11.6 Å². The number of aromatic amines is 1. The van der Waals surface area contributed by atoms with Gasteiger partial charge >= 0.3 is 0 Å². The molecule has 60 heavy (non-hydrogen) atoms. The average molecular weight is 862 g/mol. The van der Waals surface area contributed by atoms with Gasteiger partial charge in [-0.05, 0) is 77.7 Å². The lowest BCUT2D eigenvalue weighted by molar-refractivity contribution is -0.384. The maximum atomic E-state index is 13.8. The van der Waals surface area contributed by atoms with Gasteiger partial charge in [0, 0.05) is 78.0 Å². The van der Waals surface area contributed by atoms with E-state index >= 15 is 0 Å². The number of H-pyrrole nitrogens is 1. The van der Waals surface area contributed by atoms with Crippen molar-refractivity contribution >= 4 is 67.2 Å². The lowest BCUT2D eigenvalue weighted by Gasteiger charge is -2.36. The highest BCUT2D eigenvalue weighted by molar-refractivity contribution is 7.99. The largest absolute Gasteiger partial charge is 0.376 e. The molecule has 3 heterocycles. The van der Waals surface area contributed by atoms with Gasteiger partial charge in [0.2, 0.25) is 0 Å². The summed E-state index contributed by atoms with van der Waals surface area (Å²) in [4.78, 5) is 25.9. The fraction of sp³-hybridized carbons (Fsp3) is 0.214. The van der Waals surface area contributed by atoms with E-state index in [0.717, 1.165) is 54.9 Å². The zero-order valence-electron chi connectivity index (χ0n) is 32.2. The van der Waals surface area contributed by atoms with Crippen molar-refractivity contribution in [2.75, 3.05) is 46.9 Å². The van der Waals surface area contributed by atoms with Gasteiger partial charge in [0.1, 0.15) is 12.0 Å². The number of benzene rings is 5. The van der Waals surface area contributed by atoms with E-state index in [9.17, 15) is 18.5 Å². The quantitative estimate of drug-likeness (QED) is 0.0488. The van der Waals surface area contributed by atoms with Crippen LogP contribution in [0.25, 0.3) is 22.0 Å². The first kappa shape index (κ1) is 40.6. The molecular weight excluding hydrogens is 822 g/mol. The van der Waals surface area contributed by atoms with Crippen LogP contribution in [0.5, 0.6) is 0 Å². The Morgan fingerprint density at radius 2 is 1.68 bits per heavy atom. The number of hydrogen-bond donors (Lipinski definition) is 3. The number of aromatic nitrogens is 6. The second kappa shape index (κ2) is 18.4. The number of halogens is 1. The predicted octanol–water partition coefficient (Wildman–Crippen LogP) is 7.70. The van der Waals surface area contributed by atoms with Gasteiger partial charge in [-0.25, -0.2) is 18.4 Å². The Morgan fingerprint density at radius 3 is 2.43 bits per heavy atom. The van der Waals surface area contributed by atoms with Gasteiger partial charge in [-0.3, -0.25) is 19.7 Å². The number of nitro groups is 1. The van der Waals surface area contributed by atoms with Gasteiger partial charge in [0.05, 0.1) is 15.3 Å². The van der Waals surface area contributed by atoms with E-state index in [1.165, 1.54) is 29.6 Å². The number of piperazine rings is 1. The first-order valence-electron chi connectivity index (χ1n) is 19.2. The highest BCUT2D eigenvalue weighted by Crippen LogP contribution is 2.33. The predicted molar refractivity (Wildman–Crippen MR) is 235 cm³/mol. The lowest BCUT2D eigenvalue weighted by Crippen LogP contribution is -2.46. The highest BCUT2D eigenvalue weighted by Gasteiger charge is 2.25.